The van der Waals surface area contributed by atoms with E-state index in [2.05, 4.69) is 9.97 Å². The molecule has 88 valence electrons. The number of rotatable bonds is 2. The van der Waals surface area contributed by atoms with E-state index in [0.29, 0.717) is 5.01 Å². The molecule has 3 rings (SSSR count). The van der Waals surface area contributed by atoms with Gasteiger partial charge in [0.1, 0.15) is 15.6 Å². The summed E-state index contributed by atoms with van der Waals surface area (Å²) in [4.78, 5) is 19.5. The van der Waals surface area contributed by atoms with E-state index in [-0.39, 0.29) is 4.88 Å². The maximum absolute atomic E-state index is 10.9. The van der Waals surface area contributed by atoms with Crippen molar-refractivity contribution >= 4 is 28.1 Å². The Labute approximate surface area is 107 Å². The molecule has 1 aromatic carbocycles. The van der Waals surface area contributed by atoms with Gasteiger partial charge in [0, 0.05) is 11.6 Å². The standard InChI is InChI=1S/C13H8N2O2S/c16-13(17)10-7-15-12(18-10)11-9-4-2-1-3-8(9)5-6-14-11/h1-7H,(H,16,17). The van der Waals surface area contributed by atoms with Crippen LogP contribution in [0.3, 0.4) is 0 Å². The zero-order valence-corrected chi connectivity index (χ0v) is 10.0. The van der Waals surface area contributed by atoms with E-state index in [9.17, 15) is 4.79 Å². The van der Waals surface area contributed by atoms with Crippen LogP contribution in [0.4, 0.5) is 0 Å². The SMILES string of the molecule is O=C(O)c1cnc(-c2nccc3ccccc23)s1. The zero-order chi connectivity index (χ0) is 12.5. The molecule has 2 heterocycles. The lowest BCUT2D eigenvalue weighted by Crippen LogP contribution is -1.89. The van der Waals surface area contributed by atoms with Gasteiger partial charge in [-0.1, -0.05) is 24.3 Å². The van der Waals surface area contributed by atoms with Gasteiger partial charge >= 0.3 is 5.97 Å². The Kier molecular flexibility index (Phi) is 2.53. The van der Waals surface area contributed by atoms with Gasteiger partial charge in [-0.2, -0.15) is 0 Å². The van der Waals surface area contributed by atoms with Gasteiger partial charge in [0.15, 0.2) is 0 Å². The molecule has 0 saturated carbocycles. The van der Waals surface area contributed by atoms with Gasteiger partial charge in [0.25, 0.3) is 0 Å². The molecule has 0 saturated heterocycles. The van der Waals surface area contributed by atoms with E-state index in [4.69, 9.17) is 5.11 Å². The Morgan fingerprint density at radius 3 is 2.78 bits per heavy atom. The first-order valence-corrected chi connectivity index (χ1v) is 6.10. The van der Waals surface area contributed by atoms with Crippen molar-refractivity contribution < 1.29 is 9.90 Å². The van der Waals surface area contributed by atoms with Crippen molar-refractivity contribution in [1.29, 1.82) is 0 Å². The summed E-state index contributed by atoms with van der Waals surface area (Å²) in [6, 6.07) is 9.76. The molecule has 2 aromatic heterocycles. The third-order valence-corrected chi connectivity index (χ3v) is 3.58. The van der Waals surface area contributed by atoms with E-state index in [1.807, 2.05) is 30.3 Å². The number of hydrogen-bond acceptors (Lipinski definition) is 4. The minimum atomic E-state index is -0.959. The van der Waals surface area contributed by atoms with E-state index in [1.165, 1.54) is 6.20 Å². The minimum Gasteiger partial charge on any atom is -0.477 e. The lowest BCUT2D eigenvalue weighted by atomic mass is 10.1. The highest BCUT2D eigenvalue weighted by Gasteiger charge is 2.12. The molecule has 0 radical (unpaired) electrons. The predicted molar refractivity (Wildman–Crippen MR) is 69.8 cm³/mol. The van der Waals surface area contributed by atoms with Crippen molar-refractivity contribution in [1.82, 2.24) is 9.97 Å². The van der Waals surface area contributed by atoms with E-state index in [1.54, 1.807) is 6.20 Å². The summed E-state index contributed by atoms with van der Waals surface area (Å²) in [5, 5.41) is 11.6. The van der Waals surface area contributed by atoms with Gasteiger partial charge in [0.2, 0.25) is 0 Å². The number of carbonyl (C=O) groups is 1. The summed E-state index contributed by atoms with van der Waals surface area (Å²) in [5.41, 5.74) is 0.727. The minimum absolute atomic E-state index is 0.222. The Balaban J connectivity index is 2.21. The third kappa shape index (κ3) is 1.74. The monoisotopic (exact) mass is 256 g/mol. The van der Waals surface area contributed by atoms with Crippen LogP contribution in [0.5, 0.6) is 0 Å². The number of fused-ring (bicyclic) bond motifs is 1. The molecular formula is C13H8N2O2S. The maximum Gasteiger partial charge on any atom is 0.347 e. The average molecular weight is 256 g/mol. The predicted octanol–water partition coefficient (Wildman–Crippen LogP) is 3.06. The molecule has 0 fully saturated rings. The van der Waals surface area contributed by atoms with Gasteiger partial charge in [-0.15, -0.1) is 11.3 Å². The smallest absolute Gasteiger partial charge is 0.347 e. The fourth-order valence-electron chi connectivity index (χ4n) is 1.77. The van der Waals surface area contributed by atoms with Crippen LogP contribution in [0.25, 0.3) is 21.5 Å². The first-order valence-electron chi connectivity index (χ1n) is 5.29. The van der Waals surface area contributed by atoms with Gasteiger partial charge < -0.3 is 5.11 Å². The molecule has 0 unspecified atom stereocenters. The van der Waals surface area contributed by atoms with Crippen molar-refractivity contribution in [3.05, 3.63) is 47.6 Å². The van der Waals surface area contributed by atoms with Crippen molar-refractivity contribution in [2.24, 2.45) is 0 Å². The zero-order valence-electron chi connectivity index (χ0n) is 9.20. The molecule has 0 amide bonds. The Morgan fingerprint density at radius 2 is 2.00 bits per heavy atom. The quantitative estimate of drug-likeness (QED) is 0.765. The second kappa shape index (κ2) is 4.19. The fraction of sp³-hybridized carbons (Fsp3) is 0. The molecule has 18 heavy (non-hydrogen) atoms. The summed E-state index contributed by atoms with van der Waals surface area (Å²) in [5.74, 6) is -0.959. The first-order chi connectivity index (χ1) is 8.75. The molecule has 0 aliphatic carbocycles. The number of benzene rings is 1. The van der Waals surface area contributed by atoms with Gasteiger partial charge in [-0.05, 0) is 11.5 Å². The highest BCUT2D eigenvalue weighted by atomic mass is 32.1. The Morgan fingerprint density at radius 1 is 1.17 bits per heavy atom. The lowest BCUT2D eigenvalue weighted by molar-refractivity contribution is 0.0702. The average Bonchev–Trinajstić information content (AvgIpc) is 2.87. The summed E-state index contributed by atoms with van der Waals surface area (Å²) in [6.45, 7) is 0. The maximum atomic E-state index is 10.9. The van der Waals surface area contributed by atoms with Crippen molar-refractivity contribution in [3.8, 4) is 10.7 Å². The van der Waals surface area contributed by atoms with E-state index < -0.39 is 5.97 Å². The highest BCUT2D eigenvalue weighted by Crippen LogP contribution is 2.29. The molecule has 5 heteroatoms. The van der Waals surface area contributed by atoms with Crippen molar-refractivity contribution in [2.75, 3.05) is 0 Å². The largest absolute Gasteiger partial charge is 0.477 e. The molecular weight excluding hydrogens is 248 g/mol. The lowest BCUT2D eigenvalue weighted by Gasteiger charge is -2.01. The van der Waals surface area contributed by atoms with Crippen LogP contribution in [0, 0.1) is 0 Å². The number of aromatic carboxylic acids is 1. The second-order valence-corrected chi connectivity index (χ2v) is 4.75. The van der Waals surface area contributed by atoms with Crippen LogP contribution in [0.15, 0.2) is 42.7 Å². The van der Waals surface area contributed by atoms with Crippen LogP contribution in [0.1, 0.15) is 9.67 Å². The molecule has 1 N–H and O–H groups in total. The number of carboxylic acids is 1. The van der Waals surface area contributed by atoms with Crippen LogP contribution in [-0.2, 0) is 0 Å². The number of nitrogens with zero attached hydrogens (tertiary/aromatic N) is 2. The van der Waals surface area contributed by atoms with Gasteiger partial charge in [-0.25, -0.2) is 9.78 Å². The summed E-state index contributed by atoms with van der Waals surface area (Å²) in [7, 11) is 0. The normalized spacial score (nSPS) is 10.7. The molecule has 0 aliphatic heterocycles. The van der Waals surface area contributed by atoms with Gasteiger partial charge in [-0.3, -0.25) is 4.98 Å². The van der Waals surface area contributed by atoms with Crippen molar-refractivity contribution in [2.45, 2.75) is 0 Å². The molecule has 0 aliphatic rings. The fourth-order valence-corrected chi connectivity index (χ4v) is 2.54. The van der Waals surface area contributed by atoms with Crippen LogP contribution in [-0.4, -0.2) is 21.0 Å². The first kappa shape index (κ1) is 10.9. The Bertz CT molecular complexity index is 731. The molecule has 0 spiro atoms. The summed E-state index contributed by atoms with van der Waals surface area (Å²) < 4.78 is 0. The number of thiazole rings is 1. The number of hydrogen-bond donors (Lipinski definition) is 1. The van der Waals surface area contributed by atoms with Crippen LogP contribution < -0.4 is 0 Å². The number of aromatic nitrogens is 2. The van der Waals surface area contributed by atoms with Crippen molar-refractivity contribution in [3.63, 3.8) is 0 Å². The van der Waals surface area contributed by atoms with E-state index >= 15 is 0 Å². The second-order valence-electron chi connectivity index (χ2n) is 3.72. The summed E-state index contributed by atoms with van der Waals surface area (Å²) >= 11 is 1.14. The van der Waals surface area contributed by atoms with Crippen LogP contribution in [0.2, 0.25) is 0 Å². The summed E-state index contributed by atoms with van der Waals surface area (Å²) in [6.07, 6.45) is 3.07. The van der Waals surface area contributed by atoms with Gasteiger partial charge in [0.05, 0.1) is 6.20 Å². The number of pyridine rings is 1. The molecule has 4 nitrogen and oxygen atoms in total. The third-order valence-electron chi connectivity index (χ3n) is 2.59. The Hall–Kier alpha value is -2.27. The molecule has 3 aromatic rings. The van der Waals surface area contributed by atoms with Crippen LogP contribution >= 0.6 is 11.3 Å². The molecule has 0 bridgehead atoms. The highest BCUT2D eigenvalue weighted by molar-refractivity contribution is 7.16. The topological polar surface area (TPSA) is 63.1 Å². The van der Waals surface area contributed by atoms with E-state index in [0.717, 1.165) is 27.8 Å². The molecule has 0 atom stereocenters. The number of carboxylic acid groups (broad SMARTS) is 1.